The first-order valence-electron chi connectivity index (χ1n) is 7.00. The van der Waals surface area contributed by atoms with Crippen LogP contribution in [0.1, 0.15) is 25.7 Å². The van der Waals surface area contributed by atoms with Gasteiger partial charge in [-0.1, -0.05) is 0 Å². The summed E-state index contributed by atoms with van der Waals surface area (Å²) in [5, 5.41) is 6.19. The van der Waals surface area contributed by atoms with Gasteiger partial charge in [0, 0.05) is 38.8 Å². The van der Waals surface area contributed by atoms with Crippen molar-refractivity contribution in [2.24, 2.45) is 5.92 Å². The van der Waals surface area contributed by atoms with E-state index in [0.29, 0.717) is 19.6 Å². The van der Waals surface area contributed by atoms with E-state index in [1.165, 1.54) is 12.8 Å². The van der Waals surface area contributed by atoms with Gasteiger partial charge in [0.15, 0.2) is 0 Å². The molecule has 104 valence electrons. The topological polar surface area (TPSA) is 59.6 Å². The minimum Gasteiger partial charge on any atom is -0.381 e. The summed E-state index contributed by atoms with van der Waals surface area (Å²) >= 11 is 0. The van der Waals surface area contributed by atoms with Crippen molar-refractivity contribution < 1.29 is 14.3 Å². The first-order valence-corrected chi connectivity index (χ1v) is 7.00. The maximum Gasteiger partial charge on any atom is 0.221 e. The Labute approximate surface area is 109 Å². The van der Waals surface area contributed by atoms with E-state index in [2.05, 4.69) is 10.6 Å². The quantitative estimate of drug-likeness (QED) is 0.613. The number of carbonyl (C=O) groups is 1. The number of hydrogen-bond donors (Lipinski definition) is 2. The molecule has 1 amide bonds. The van der Waals surface area contributed by atoms with E-state index < -0.39 is 0 Å². The summed E-state index contributed by atoms with van der Waals surface area (Å²) < 4.78 is 10.8. The molecule has 1 saturated heterocycles. The van der Waals surface area contributed by atoms with Crippen LogP contribution in [0.25, 0.3) is 0 Å². The van der Waals surface area contributed by atoms with Gasteiger partial charge in [-0.25, -0.2) is 0 Å². The Hall–Kier alpha value is -0.650. The molecular formula is C13H24N2O3. The average molecular weight is 256 g/mol. The molecule has 1 atom stereocenters. The fourth-order valence-electron chi connectivity index (χ4n) is 1.98. The van der Waals surface area contributed by atoms with Crippen molar-refractivity contribution in [3.63, 3.8) is 0 Å². The Morgan fingerprint density at radius 1 is 1.44 bits per heavy atom. The second-order valence-corrected chi connectivity index (χ2v) is 5.15. The van der Waals surface area contributed by atoms with Crippen LogP contribution >= 0.6 is 0 Å². The Morgan fingerprint density at radius 3 is 3.06 bits per heavy atom. The Kier molecular flexibility index (Phi) is 5.90. The lowest BCUT2D eigenvalue weighted by atomic mass is 10.2. The summed E-state index contributed by atoms with van der Waals surface area (Å²) in [5.41, 5.74) is 0. The van der Waals surface area contributed by atoms with Gasteiger partial charge in [-0.15, -0.1) is 0 Å². The number of rotatable bonds is 8. The number of ether oxygens (including phenoxy) is 2. The van der Waals surface area contributed by atoms with E-state index >= 15 is 0 Å². The lowest BCUT2D eigenvalue weighted by molar-refractivity contribution is -0.122. The summed E-state index contributed by atoms with van der Waals surface area (Å²) in [5.74, 6) is 0.914. The molecule has 0 bridgehead atoms. The third-order valence-corrected chi connectivity index (χ3v) is 3.27. The minimum absolute atomic E-state index is 0.0974. The highest BCUT2D eigenvalue weighted by Crippen LogP contribution is 2.28. The predicted molar refractivity (Wildman–Crippen MR) is 68.4 cm³/mol. The number of hydrogen-bond acceptors (Lipinski definition) is 4. The van der Waals surface area contributed by atoms with Crippen LogP contribution in [0, 0.1) is 5.92 Å². The Bertz CT molecular complexity index is 251. The van der Waals surface area contributed by atoms with Gasteiger partial charge >= 0.3 is 0 Å². The van der Waals surface area contributed by atoms with Crippen molar-refractivity contribution in [3.8, 4) is 0 Å². The van der Waals surface area contributed by atoms with Crippen molar-refractivity contribution >= 4 is 5.91 Å². The zero-order valence-corrected chi connectivity index (χ0v) is 11.0. The maximum atomic E-state index is 11.6. The van der Waals surface area contributed by atoms with Gasteiger partial charge in [0.05, 0.1) is 13.2 Å². The van der Waals surface area contributed by atoms with E-state index in [1.807, 2.05) is 0 Å². The van der Waals surface area contributed by atoms with Crippen molar-refractivity contribution in [1.82, 2.24) is 10.6 Å². The average Bonchev–Trinajstić information content (AvgIpc) is 3.19. The molecule has 0 aromatic heterocycles. The standard InChI is InChI=1S/C13H24N2O3/c16-13(8-12-10-18-7-5-14-12)15-4-1-6-17-9-11-2-3-11/h11-12,14H,1-10H2,(H,15,16). The number of amides is 1. The molecule has 1 heterocycles. The van der Waals surface area contributed by atoms with Gasteiger partial charge in [-0.2, -0.15) is 0 Å². The Balaban J connectivity index is 1.41. The van der Waals surface area contributed by atoms with Crippen molar-refractivity contribution in [3.05, 3.63) is 0 Å². The molecule has 2 rings (SSSR count). The van der Waals surface area contributed by atoms with E-state index in [-0.39, 0.29) is 11.9 Å². The molecule has 0 radical (unpaired) electrons. The summed E-state index contributed by atoms with van der Waals surface area (Å²) in [6, 6.07) is 0.171. The highest BCUT2D eigenvalue weighted by atomic mass is 16.5. The SMILES string of the molecule is O=C(CC1COCCN1)NCCCOCC1CC1. The highest BCUT2D eigenvalue weighted by molar-refractivity contribution is 5.76. The zero-order chi connectivity index (χ0) is 12.6. The summed E-state index contributed by atoms with van der Waals surface area (Å²) in [7, 11) is 0. The van der Waals surface area contributed by atoms with Gasteiger partial charge in [0.1, 0.15) is 0 Å². The van der Waals surface area contributed by atoms with Crippen molar-refractivity contribution in [2.75, 3.05) is 39.5 Å². The molecule has 2 aliphatic rings. The molecule has 5 heteroatoms. The summed E-state index contributed by atoms with van der Waals surface area (Å²) in [4.78, 5) is 11.6. The van der Waals surface area contributed by atoms with Crippen LogP contribution in [-0.2, 0) is 14.3 Å². The molecule has 1 saturated carbocycles. The monoisotopic (exact) mass is 256 g/mol. The minimum atomic E-state index is 0.0974. The molecule has 1 unspecified atom stereocenters. The molecule has 1 aliphatic carbocycles. The van der Waals surface area contributed by atoms with Crippen molar-refractivity contribution in [2.45, 2.75) is 31.7 Å². The molecular weight excluding hydrogens is 232 g/mol. The molecule has 2 N–H and O–H groups in total. The summed E-state index contributed by atoms with van der Waals surface area (Å²) in [6.07, 6.45) is 4.05. The van der Waals surface area contributed by atoms with Crippen LogP contribution in [0.5, 0.6) is 0 Å². The van der Waals surface area contributed by atoms with Gasteiger partial charge in [-0.3, -0.25) is 4.79 Å². The first kappa shape index (κ1) is 13.8. The maximum absolute atomic E-state index is 11.6. The second kappa shape index (κ2) is 7.71. The number of morpholine rings is 1. The molecule has 5 nitrogen and oxygen atoms in total. The van der Waals surface area contributed by atoms with Crippen LogP contribution < -0.4 is 10.6 Å². The molecule has 0 aromatic carbocycles. The number of nitrogens with one attached hydrogen (secondary N) is 2. The zero-order valence-electron chi connectivity index (χ0n) is 11.0. The lowest BCUT2D eigenvalue weighted by Crippen LogP contribution is -2.44. The fraction of sp³-hybridized carbons (Fsp3) is 0.923. The molecule has 2 fully saturated rings. The van der Waals surface area contributed by atoms with Gasteiger partial charge < -0.3 is 20.1 Å². The van der Waals surface area contributed by atoms with E-state index in [1.54, 1.807) is 0 Å². The Morgan fingerprint density at radius 2 is 2.33 bits per heavy atom. The van der Waals surface area contributed by atoms with Crippen LogP contribution in [0.4, 0.5) is 0 Å². The van der Waals surface area contributed by atoms with Crippen LogP contribution in [0.2, 0.25) is 0 Å². The largest absolute Gasteiger partial charge is 0.381 e. The smallest absolute Gasteiger partial charge is 0.221 e. The van der Waals surface area contributed by atoms with E-state index in [4.69, 9.17) is 9.47 Å². The second-order valence-electron chi connectivity index (χ2n) is 5.15. The number of carbonyl (C=O) groups excluding carboxylic acids is 1. The van der Waals surface area contributed by atoms with Crippen LogP contribution in [-0.4, -0.2) is 51.5 Å². The molecule has 18 heavy (non-hydrogen) atoms. The molecule has 1 aliphatic heterocycles. The molecule has 0 aromatic rings. The van der Waals surface area contributed by atoms with Gasteiger partial charge in [0.2, 0.25) is 5.91 Å². The third kappa shape index (κ3) is 5.80. The van der Waals surface area contributed by atoms with Crippen LogP contribution in [0.3, 0.4) is 0 Å². The lowest BCUT2D eigenvalue weighted by Gasteiger charge is -2.23. The highest BCUT2D eigenvalue weighted by Gasteiger charge is 2.20. The van der Waals surface area contributed by atoms with E-state index in [9.17, 15) is 4.79 Å². The molecule has 0 spiro atoms. The summed E-state index contributed by atoms with van der Waals surface area (Å²) in [6.45, 7) is 4.58. The predicted octanol–water partition coefficient (Wildman–Crippen LogP) is 0.298. The van der Waals surface area contributed by atoms with Crippen LogP contribution in [0.15, 0.2) is 0 Å². The normalized spacial score (nSPS) is 23.9. The van der Waals surface area contributed by atoms with E-state index in [0.717, 1.165) is 38.7 Å². The third-order valence-electron chi connectivity index (χ3n) is 3.27. The fourth-order valence-corrected chi connectivity index (χ4v) is 1.98. The van der Waals surface area contributed by atoms with Crippen molar-refractivity contribution in [1.29, 1.82) is 0 Å². The first-order chi connectivity index (χ1) is 8.84. The van der Waals surface area contributed by atoms with Gasteiger partial charge in [0.25, 0.3) is 0 Å². The van der Waals surface area contributed by atoms with Gasteiger partial charge in [-0.05, 0) is 25.2 Å².